The molecule has 30 heavy (non-hydrogen) atoms. The molecular formula is C23H31N5O2. The average Bonchev–Trinajstić information content (AvgIpc) is 2.78. The van der Waals surface area contributed by atoms with Crippen molar-refractivity contribution in [3.05, 3.63) is 46.9 Å². The lowest BCUT2D eigenvalue weighted by atomic mass is 9.99. The Kier molecular flexibility index (Phi) is 6.18. The van der Waals surface area contributed by atoms with Crippen molar-refractivity contribution in [1.82, 2.24) is 19.8 Å². The molecule has 1 saturated heterocycles. The van der Waals surface area contributed by atoms with Crippen LogP contribution in [0.3, 0.4) is 0 Å². The summed E-state index contributed by atoms with van der Waals surface area (Å²) in [5, 5.41) is 3.26. The number of amides is 1. The van der Waals surface area contributed by atoms with E-state index in [2.05, 4.69) is 17.3 Å². The Bertz CT molecular complexity index is 916. The first-order valence-corrected chi connectivity index (χ1v) is 10.8. The van der Waals surface area contributed by atoms with Gasteiger partial charge in [0, 0.05) is 32.2 Å². The van der Waals surface area contributed by atoms with E-state index in [0.717, 1.165) is 74.0 Å². The topological polar surface area (TPSA) is 70.6 Å². The van der Waals surface area contributed by atoms with E-state index in [1.807, 2.05) is 36.2 Å². The average molecular weight is 410 g/mol. The maximum absolute atomic E-state index is 13.3. The third-order valence-corrected chi connectivity index (χ3v) is 6.12. The number of likely N-dealkylation sites (N-methyl/N-ethyl adjacent to an activating group) is 1. The van der Waals surface area contributed by atoms with E-state index in [9.17, 15) is 4.79 Å². The lowest BCUT2D eigenvalue weighted by Crippen LogP contribution is -2.40. The lowest BCUT2D eigenvalue weighted by molar-refractivity contribution is -0.134. The first-order chi connectivity index (χ1) is 14.6. The van der Waals surface area contributed by atoms with Gasteiger partial charge >= 0.3 is 0 Å². The molecule has 4 rings (SSSR count). The molecule has 2 aliphatic rings. The molecule has 1 atom stereocenters. The van der Waals surface area contributed by atoms with Gasteiger partial charge < -0.3 is 19.9 Å². The minimum atomic E-state index is -0.0681. The van der Waals surface area contributed by atoms with Crippen molar-refractivity contribution < 1.29 is 9.53 Å². The minimum Gasteiger partial charge on any atom is -0.497 e. The van der Waals surface area contributed by atoms with Gasteiger partial charge in [-0.15, -0.1) is 0 Å². The van der Waals surface area contributed by atoms with Gasteiger partial charge in [0.2, 0.25) is 5.91 Å². The van der Waals surface area contributed by atoms with Crippen LogP contribution in [0.5, 0.6) is 5.75 Å². The van der Waals surface area contributed by atoms with Crippen LogP contribution in [0.15, 0.2) is 24.3 Å². The summed E-state index contributed by atoms with van der Waals surface area (Å²) >= 11 is 0. The van der Waals surface area contributed by atoms with Crippen LogP contribution < -0.4 is 10.1 Å². The first-order valence-electron chi connectivity index (χ1n) is 10.8. The van der Waals surface area contributed by atoms with Crippen LogP contribution >= 0.6 is 0 Å². The van der Waals surface area contributed by atoms with Crippen LogP contribution in [-0.2, 0) is 24.2 Å². The van der Waals surface area contributed by atoms with Crippen molar-refractivity contribution in [3.8, 4) is 5.75 Å². The fraction of sp³-hybridized carbons (Fsp3) is 0.522. The minimum absolute atomic E-state index is 0.0681. The number of carbonyl (C=O) groups is 1. The monoisotopic (exact) mass is 409 g/mol. The normalized spacial score (nSPS) is 19.3. The Labute approximate surface area is 178 Å². The molecule has 1 amide bonds. The number of nitrogens with zero attached hydrogens (tertiary/aromatic N) is 4. The molecule has 1 N–H and O–H groups in total. The zero-order valence-electron chi connectivity index (χ0n) is 18.1. The molecule has 7 heteroatoms. The fourth-order valence-electron chi connectivity index (χ4n) is 4.49. The van der Waals surface area contributed by atoms with Crippen molar-refractivity contribution in [2.24, 2.45) is 0 Å². The van der Waals surface area contributed by atoms with Crippen LogP contribution in [0.25, 0.3) is 0 Å². The van der Waals surface area contributed by atoms with E-state index < -0.39 is 0 Å². The van der Waals surface area contributed by atoms with Gasteiger partial charge in [0.1, 0.15) is 11.6 Å². The number of likely N-dealkylation sites (tertiary alicyclic amines) is 1. The molecule has 160 valence electrons. The van der Waals surface area contributed by atoms with Gasteiger partial charge in [-0.1, -0.05) is 12.1 Å². The zero-order valence-corrected chi connectivity index (χ0v) is 18.1. The predicted molar refractivity (Wildman–Crippen MR) is 117 cm³/mol. The van der Waals surface area contributed by atoms with Crippen LogP contribution in [0.1, 0.15) is 47.9 Å². The molecular weight excluding hydrogens is 378 g/mol. The zero-order chi connectivity index (χ0) is 21.1. The molecule has 0 aliphatic carbocycles. The lowest BCUT2D eigenvalue weighted by Gasteiger charge is -2.36. The molecule has 0 spiro atoms. The van der Waals surface area contributed by atoms with Crippen LogP contribution in [0, 0.1) is 0 Å². The van der Waals surface area contributed by atoms with Crippen LogP contribution in [0.2, 0.25) is 0 Å². The summed E-state index contributed by atoms with van der Waals surface area (Å²) in [7, 11) is 5.68. The van der Waals surface area contributed by atoms with E-state index in [-0.39, 0.29) is 11.9 Å². The van der Waals surface area contributed by atoms with E-state index in [0.29, 0.717) is 6.42 Å². The highest BCUT2D eigenvalue weighted by Gasteiger charge is 2.32. The highest BCUT2D eigenvalue weighted by molar-refractivity contribution is 5.79. The Morgan fingerprint density at radius 3 is 2.93 bits per heavy atom. The SMILES string of the molecule is CNc1nc([C@@H]2CCCCN2C(=O)Cc2cccc(OC)c2)nc2c1CCN(C)C2. The first kappa shape index (κ1) is 20.6. The highest BCUT2D eigenvalue weighted by Crippen LogP contribution is 2.32. The van der Waals surface area contributed by atoms with E-state index >= 15 is 0 Å². The summed E-state index contributed by atoms with van der Waals surface area (Å²) < 4.78 is 5.30. The molecule has 1 fully saturated rings. The smallest absolute Gasteiger partial charge is 0.227 e. The van der Waals surface area contributed by atoms with E-state index in [1.54, 1.807) is 7.11 Å². The molecule has 3 heterocycles. The number of carbonyl (C=O) groups excluding carboxylic acids is 1. The van der Waals surface area contributed by atoms with Gasteiger partial charge in [-0.25, -0.2) is 9.97 Å². The molecule has 1 aromatic heterocycles. The molecule has 0 radical (unpaired) electrons. The summed E-state index contributed by atoms with van der Waals surface area (Å²) in [4.78, 5) is 27.3. The van der Waals surface area contributed by atoms with Crippen molar-refractivity contribution in [1.29, 1.82) is 0 Å². The second-order valence-electron chi connectivity index (χ2n) is 8.22. The standard InChI is InChI=1S/C23H31N5O2/c1-24-22-18-10-12-27(2)15-19(18)25-23(26-22)20-9-4-5-11-28(20)21(29)14-16-7-6-8-17(13-16)30-3/h6-8,13,20H,4-5,9-12,14-15H2,1-3H3,(H,24,25,26)/t20-/m0/s1. The van der Waals surface area contributed by atoms with Gasteiger partial charge in [-0.2, -0.15) is 0 Å². The predicted octanol–water partition coefficient (Wildman–Crippen LogP) is 2.81. The number of aromatic nitrogens is 2. The summed E-state index contributed by atoms with van der Waals surface area (Å²) in [6.07, 6.45) is 4.32. The number of fused-ring (bicyclic) bond motifs is 1. The summed E-state index contributed by atoms with van der Waals surface area (Å²) in [5.74, 6) is 2.58. The van der Waals surface area contributed by atoms with E-state index in [1.165, 1.54) is 5.56 Å². The second kappa shape index (κ2) is 9.00. The number of methoxy groups -OCH3 is 1. The number of ether oxygens (including phenoxy) is 1. The maximum Gasteiger partial charge on any atom is 0.227 e. The number of benzene rings is 1. The van der Waals surface area contributed by atoms with E-state index in [4.69, 9.17) is 14.7 Å². The molecule has 7 nitrogen and oxygen atoms in total. The van der Waals surface area contributed by atoms with Gasteiger partial charge in [-0.3, -0.25) is 4.79 Å². The third kappa shape index (κ3) is 4.26. The van der Waals surface area contributed by atoms with Crippen LogP contribution in [-0.4, -0.2) is 60.0 Å². The third-order valence-electron chi connectivity index (χ3n) is 6.12. The molecule has 0 bridgehead atoms. The number of anilines is 1. The maximum atomic E-state index is 13.3. The number of hydrogen-bond acceptors (Lipinski definition) is 6. The number of nitrogens with one attached hydrogen (secondary N) is 1. The number of rotatable bonds is 5. The number of hydrogen-bond donors (Lipinski definition) is 1. The van der Waals surface area contributed by atoms with Gasteiger partial charge in [0.25, 0.3) is 0 Å². The van der Waals surface area contributed by atoms with Gasteiger partial charge in [-0.05, 0) is 50.4 Å². The second-order valence-corrected chi connectivity index (χ2v) is 8.22. The van der Waals surface area contributed by atoms with Crippen molar-refractivity contribution >= 4 is 11.7 Å². The Morgan fingerprint density at radius 2 is 2.13 bits per heavy atom. The van der Waals surface area contributed by atoms with Gasteiger partial charge in [0.05, 0.1) is 25.3 Å². The van der Waals surface area contributed by atoms with Crippen LogP contribution in [0.4, 0.5) is 5.82 Å². The molecule has 0 unspecified atom stereocenters. The summed E-state index contributed by atoms with van der Waals surface area (Å²) in [6, 6.07) is 7.67. The summed E-state index contributed by atoms with van der Waals surface area (Å²) in [6.45, 7) is 2.59. The van der Waals surface area contributed by atoms with Crippen molar-refractivity contribution in [2.75, 3.05) is 39.6 Å². The molecule has 0 saturated carbocycles. The number of piperidine rings is 1. The van der Waals surface area contributed by atoms with Crippen molar-refractivity contribution in [3.63, 3.8) is 0 Å². The largest absolute Gasteiger partial charge is 0.497 e. The molecule has 2 aromatic rings. The molecule has 1 aromatic carbocycles. The highest BCUT2D eigenvalue weighted by atomic mass is 16.5. The quantitative estimate of drug-likeness (QED) is 0.819. The summed E-state index contributed by atoms with van der Waals surface area (Å²) in [5.41, 5.74) is 3.26. The fourth-order valence-corrected chi connectivity index (χ4v) is 4.49. The Balaban J connectivity index is 1.60. The van der Waals surface area contributed by atoms with Crippen molar-refractivity contribution in [2.45, 2.75) is 44.7 Å². The molecule has 2 aliphatic heterocycles. The van der Waals surface area contributed by atoms with Gasteiger partial charge in [0.15, 0.2) is 5.82 Å². The Morgan fingerprint density at radius 1 is 1.27 bits per heavy atom. The Hall–Kier alpha value is -2.67.